The monoisotopic (exact) mass is 298 g/mol. The van der Waals surface area contributed by atoms with E-state index < -0.39 is 0 Å². The molecule has 0 saturated heterocycles. The van der Waals surface area contributed by atoms with Gasteiger partial charge in [0.2, 0.25) is 0 Å². The minimum atomic E-state index is 0.0350. The summed E-state index contributed by atoms with van der Waals surface area (Å²) in [6.07, 6.45) is 4.77. The van der Waals surface area contributed by atoms with Crippen LogP contribution < -0.4 is 0 Å². The molecular weight excluding hydrogens is 272 g/mol. The summed E-state index contributed by atoms with van der Waals surface area (Å²) in [5.74, 6) is 0. The van der Waals surface area contributed by atoms with Crippen LogP contribution in [0.5, 0.6) is 0 Å². The molecule has 0 bridgehead atoms. The zero-order valence-electron chi connectivity index (χ0n) is 13.7. The molecule has 1 atom stereocenters. The van der Waals surface area contributed by atoms with E-state index in [4.69, 9.17) is 4.98 Å². The van der Waals surface area contributed by atoms with Gasteiger partial charge in [-0.1, -0.05) is 32.0 Å². The quantitative estimate of drug-likeness (QED) is 0.918. The van der Waals surface area contributed by atoms with E-state index in [1.54, 1.807) is 0 Å². The van der Waals surface area contributed by atoms with Gasteiger partial charge in [0.05, 0.1) is 18.2 Å². The molecule has 0 saturated carbocycles. The highest BCUT2D eigenvalue weighted by Gasteiger charge is 2.21. The molecule has 0 aliphatic heterocycles. The molecule has 1 heterocycles. The molecule has 1 aromatic heterocycles. The highest BCUT2D eigenvalue weighted by atomic mass is 16.3. The molecule has 1 aliphatic carbocycles. The van der Waals surface area contributed by atoms with Gasteiger partial charge in [-0.15, -0.1) is 0 Å². The Morgan fingerprint density at radius 3 is 2.68 bits per heavy atom. The third-order valence-electron chi connectivity index (χ3n) is 4.94. The third-order valence-corrected chi connectivity index (χ3v) is 4.94. The first-order valence-electron chi connectivity index (χ1n) is 8.54. The highest BCUT2D eigenvalue weighted by Crippen LogP contribution is 2.30. The van der Waals surface area contributed by atoms with Crippen LogP contribution in [0.2, 0.25) is 0 Å². The number of aryl methyl sites for hydroxylation is 2. The number of hydrogen-bond acceptors (Lipinski definition) is 3. The standard InChI is InChI=1S/C19H26N2O/c1-3-21(4-2)18(13-22)16-10-7-9-15-12-14-8-5-6-11-17(14)20-19(15)16/h7,9-10,12,18,22H,3-6,8,11,13H2,1-2H3. The minimum absolute atomic E-state index is 0.0350. The van der Waals surface area contributed by atoms with E-state index in [0.29, 0.717) is 0 Å². The lowest BCUT2D eigenvalue weighted by Crippen LogP contribution is -2.31. The maximum atomic E-state index is 9.94. The van der Waals surface area contributed by atoms with Crippen molar-refractivity contribution in [1.29, 1.82) is 0 Å². The highest BCUT2D eigenvalue weighted by molar-refractivity contribution is 5.83. The molecule has 1 aliphatic rings. The van der Waals surface area contributed by atoms with E-state index in [1.807, 2.05) is 0 Å². The molecule has 1 N–H and O–H groups in total. The van der Waals surface area contributed by atoms with Crippen LogP contribution in [0.15, 0.2) is 24.3 Å². The first kappa shape index (κ1) is 15.4. The Bertz CT molecular complexity index is 649. The molecule has 1 unspecified atom stereocenters. The number of aliphatic hydroxyl groups excluding tert-OH is 1. The van der Waals surface area contributed by atoms with Gasteiger partial charge in [0, 0.05) is 11.1 Å². The molecule has 3 rings (SSSR count). The van der Waals surface area contributed by atoms with Crippen LogP contribution in [0, 0.1) is 0 Å². The summed E-state index contributed by atoms with van der Waals surface area (Å²) in [7, 11) is 0. The van der Waals surface area contributed by atoms with Gasteiger partial charge in [0.15, 0.2) is 0 Å². The first-order chi connectivity index (χ1) is 10.8. The first-order valence-corrected chi connectivity index (χ1v) is 8.54. The Hall–Kier alpha value is -1.45. The van der Waals surface area contributed by atoms with Gasteiger partial charge in [-0.3, -0.25) is 9.88 Å². The van der Waals surface area contributed by atoms with Gasteiger partial charge in [-0.2, -0.15) is 0 Å². The second kappa shape index (κ2) is 6.76. The van der Waals surface area contributed by atoms with Crippen molar-refractivity contribution in [2.45, 2.75) is 45.6 Å². The number of benzene rings is 1. The predicted molar refractivity (Wildman–Crippen MR) is 91.1 cm³/mol. The van der Waals surface area contributed by atoms with Crippen molar-refractivity contribution in [3.63, 3.8) is 0 Å². The van der Waals surface area contributed by atoms with Crippen LogP contribution in [-0.4, -0.2) is 34.7 Å². The smallest absolute Gasteiger partial charge is 0.0754 e. The van der Waals surface area contributed by atoms with Gasteiger partial charge < -0.3 is 5.11 Å². The number of para-hydroxylation sites is 1. The second-order valence-electron chi connectivity index (χ2n) is 6.14. The zero-order valence-corrected chi connectivity index (χ0v) is 13.7. The molecule has 0 fully saturated rings. The van der Waals surface area contributed by atoms with Gasteiger partial charge >= 0.3 is 0 Å². The van der Waals surface area contributed by atoms with Gasteiger partial charge in [-0.05, 0) is 56.0 Å². The second-order valence-corrected chi connectivity index (χ2v) is 6.14. The van der Waals surface area contributed by atoms with E-state index >= 15 is 0 Å². The van der Waals surface area contributed by atoms with E-state index in [-0.39, 0.29) is 12.6 Å². The number of aromatic nitrogens is 1. The van der Waals surface area contributed by atoms with E-state index in [9.17, 15) is 5.11 Å². The summed E-state index contributed by atoms with van der Waals surface area (Å²) < 4.78 is 0. The molecule has 3 heteroatoms. The molecule has 0 radical (unpaired) electrons. The molecule has 3 nitrogen and oxygen atoms in total. The number of fused-ring (bicyclic) bond motifs is 2. The topological polar surface area (TPSA) is 36.4 Å². The maximum Gasteiger partial charge on any atom is 0.0754 e. The van der Waals surface area contributed by atoms with Gasteiger partial charge in [0.1, 0.15) is 0 Å². The Kier molecular flexibility index (Phi) is 4.74. The lowest BCUT2D eigenvalue weighted by atomic mass is 9.93. The van der Waals surface area contributed by atoms with E-state index in [1.165, 1.54) is 29.5 Å². The number of nitrogens with zero attached hydrogens (tertiary/aromatic N) is 2. The largest absolute Gasteiger partial charge is 0.394 e. The number of rotatable bonds is 5. The summed E-state index contributed by atoms with van der Waals surface area (Å²) in [5, 5.41) is 11.2. The fraction of sp³-hybridized carbons (Fsp3) is 0.526. The van der Waals surface area contributed by atoms with Crippen LogP contribution >= 0.6 is 0 Å². The van der Waals surface area contributed by atoms with E-state index in [2.05, 4.69) is 43.0 Å². The van der Waals surface area contributed by atoms with Gasteiger partial charge in [-0.25, -0.2) is 0 Å². The summed E-state index contributed by atoms with van der Waals surface area (Å²) in [5.41, 5.74) is 4.92. The van der Waals surface area contributed by atoms with Crippen molar-refractivity contribution in [2.24, 2.45) is 0 Å². The molecule has 118 valence electrons. The summed E-state index contributed by atoms with van der Waals surface area (Å²) in [4.78, 5) is 7.30. The maximum absolute atomic E-state index is 9.94. The molecule has 0 spiro atoms. The Morgan fingerprint density at radius 2 is 1.95 bits per heavy atom. The summed E-state index contributed by atoms with van der Waals surface area (Å²) >= 11 is 0. The van der Waals surface area contributed by atoms with Crippen LogP contribution in [0.4, 0.5) is 0 Å². The average molecular weight is 298 g/mol. The van der Waals surface area contributed by atoms with Crippen LogP contribution in [-0.2, 0) is 12.8 Å². The van der Waals surface area contributed by atoms with Crippen molar-refractivity contribution in [3.8, 4) is 0 Å². The molecule has 1 aromatic carbocycles. The van der Waals surface area contributed by atoms with Crippen molar-refractivity contribution >= 4 is 10.9 Å². The predicted octanol–water partition coefficient (Wildman–Crippen LogP) is 3.49. The van der Waals surface area contributed by atoms with Gasteiger partial charge in [0.25, 0.3) is 0 Å². The lowest BCUT2D eigenvalue weighted by Gasteiger charge is -2.29. The summed E-state index contributed by atoms with van der Waals surface area (Å²) in [6, 6.07) is 8.73. The minimum Gasteiger partial charge on any atom is -0.394 e. The SMILES string of the molecule is CCN(CC)C(CO)c1cccc2cc3c(nc12)CCCC3. The van der Waals surface area contributed by atoms with Crippen molar-refractivity contribution in [3.05, 3.63) is 41.1 Å². The van der Waals surface area contributed by atoms with Crippen molar-refractivity contribution in [2.75, 3.05) is 19.7 Å². The molecule has 2 aromatic rings. The Labute approximate surface area is 133 Å². The Morgan fingerprint density at radius 1 is 1.18 bits per heavy atom. The van der Waals surface area contributed by atoms with Crippen LogP contribution in [0.1, 0.15) is 49.6 Å². The molecular formula is C19H26N2O. The van der Waals surface area contributed by atoms with Crippen molar-refractivity contribution < 1.29 is 5.11 Å². The molecule has 22 heavy (non-hydrogen) atoms. The van der Waals surface area contributed by atoms with Crippen LogP contribution in [0.3, 0.4) is 0 Å². The fourth-order valence-corrected chi connectivity index (χ4v) is 3.69. The number of aliphatic hydroxyl groups is 1. The lowest BCUT2D eigenvalue weighted by molar-refractivity contribution is 0.134. The van der Waals surface area contributed by atoms with Crippen LogP contribution in [0.25, 0.3) is 10.9 Å². The fourth-order valence-electron chi connectivity index (χ4n) is 3.69. The average Bonchev–Trinajstić information content (AvgIpc) is 2.57. The Balaban J connectivity index is 2.12. The molecule has 0 amide bonds. The third kappa shape index (κ3) is 2.75. The van der Waals surface area contributed by atoms with E-state index in [0.717, 1.165) is 37.0 Å². The summed E-state index contributed by atoms with van der Waals surface area (Å²) in [6.45, 7) is 6.30. The normalized spacial score (nSPS) is 16.0. The number of hydrogen-bond donors (Lipinski definition) is 1. The number of pyridine rings is 1. The zero-order chi connectivity index (χ0) is 15.5. The number of likely N-dealkylation sites (N-methyl/N-ethyl adjacent to an activating group) is 1. The van der Waals surface area contributed by atoms with Crippen molar-refractivity contribution in [1.82, 2.24) is 9.88 Å².